The maximum atomic E-state index is 12.6. The first-order valence-corrected chi connectivity index (χ1v) is 11.0. The second-order valence-corrected chi connectivity index (χ2v) is 10.5. The van der Waals surface area contributed by atoms with E-state index in [1.54, 1.807) is 6.07 Å². The summed E-state index contributed by atoms with van der Waals surface area (Å²) in [6, 6.07) is 5.57. The van der Waals surface area contributed by atoms with E-state index in [-0.39, 0.29) is 28.6 Å². The van der Waals surface area contributed by atoms with E-state index in [4.69, 9.17) is 4.42 Å². The Morgan fingerprint density at radius 2 is 1.85 bits per heavy atom. The normalized spacial score (nSPS) is 27.5. The van der Waals surface area contributed by atoms with Crippen LogP contribution in [0.25, 0.3) is 11.0 Å². The van der Waals surface area contributed by atoms with Crippen LogP contribution in [0.3, 0.4) is 0 Å². The molecule has 4 rings (SSSR count). The first kappa shape index (κ1) is 18.7. The molecule has 0 N–H and O–H groups in total. The van der Waals surface area contributed by atoms with Crippen LogP contribution in [-0.4, -0.2) is 62.4 Å². The van der Waals surface area contributed by atoms with E-state index in [0.717, 1.165) is 28.6 Å². The third-order valence-corrected chi connectivity index (χ3v) is 8.47. The monoisotopic (exact) mass is 390 g/mol. The zero-order chi connectivity index (χ0) is 19.5. The van der Waals surface area contributed by atoms with Gasteiger partial charge >= 0.3 is 5.63 Å². The van der Waals surface area contributed by atoms with Crippen molar-refractivity contribution in [2.75, 3.05) is 32.9 Å². The van der Waals surface area contributed by atoms with Gasteiger partial charge < -0.3 is 9.32 Å². The number of likely N-dealkylation sites (tertiary alicyclic amines) is 1. The summed E-state index contributed by atoms with van der Waals surface area (Å²) in [5, 5.41) is 0.627. The molecule has 2 aliphatic rings. The number of hydrogen-bond acceptors (Lipinski definition) is 6. The van der Waals surface area contributed by atoms with Gasteiger partial charge in [0.25, 0.3) is 0 Å². The number of fused-ring (bicyclic) bond motifs is 2. The van der Waals surface area contributed by atoms with Crippen LogP contribution in [0.5, 0.6) is 0 Å². The van der Waals surface area contributed by atoms with E-state index < -0.39 is 9.84 Å². The summed E-state index contributed by atoms with van der Waals surface area (Å²) in [5.74, 6) is 0.375. The predicted octanol–water partition coefficient (Wildman–Crippen LogP) is 1.57. The lowest BCUT2D eigenvalue weighted by atomic mass is 10.00. The summed E-state index contributed by atoms with van der Waals surface area (Å²) in [6.07, 6.45) is 0. The van der Waals surface area contributed by atoms with Crippen molar-refractivity contribution < 1.29 is 12.8 Å². The molecule has 3 heterocycles. The molecule has 6 nitrogen and oxygen atoms in total. The molecule has 27 heavy (non-hydrogen) atoms. The molecule has 2 fully saturated rings. The lowest BCUT2D eigenvalue weighted by molar-refractivity contribution is 0.230. The predicted molar refractivity (Wildman–Crippen MR) is 106 cm³/mol. The molecule has 0 aliphatic carbocycles. The van der Waals surface area contributed by atoms with Gasteiger partial charge in [-0.05, 0) is 56.8 Å². The average molecular weight is 391 g/mol. The number of aryl methyl sites for hydroxylation is 2. The Hall–Kier alpha value is -1.70. The Bertz CT molecular complexity index is 1060. The van der Waals surface area contributed by atoms with Gasteiger partial charge in [-0.25, -0.2) is 13.2 Å². The van der Waals surface area contributed by atoms with E-state index in [1.165, 1.54) is 0 Å². The smallest absolute Gasteiger partial charge is 0.336 e. The SMILES string of the molecule is Cc1cc2oc(=O)cc(CN3C[C@H]4[C@@H](N(C)C)CS(=O)(=O)[C@H]4C3)c2cc1C. The van der Waals surface area contributed by atoms with E-state index in [0.29, 0.717) is 18.7 Å². The van der Waals surface area contributed by atoms with Crippen LogP contribution in [0.4, 0.5) is 0 Å². The molecule has 0 bridgehead atoms. The number of rotatable bonds is 3. The first-order chi connectivity index (χ1) is 12.7. The molecule has 2 aromatic rings. The summed E-state index contributed by atoms with van der Waals surface area (Å²) in [4.78, 5) is 16.2. The van der Waals surface area contributed by atoms with Crippen molar-refractivity contribution in [1.82, 2.24) is 9.80 Å². The number of sulfone groups is 1. The van der Waals surface area contributed by atoms with Crippen LogP contribution < -0.4 is 5.63 Å². The number of hydrogen-bond donors (Lipinski definition) is 0. The molecule has 2 saturated heterocycles. The molecule has 7 heteroatoms. The van der Waals surface area contributed by atoms with Crippen LogP contribution in [0, 0.1) is 19.8 Å². The molecule has 0 unspecified atom stereocenters. The fourth-order valence-electron chi connectivity index (χ4n) is 4.63. The molecular weight excluding hydrogens is 364 g/mol. The Morgan fingerprint density at radius 3 is 2.56 bits per heavy atom. The number of nitrogens with zero attached hydrogens (tertiary/aromatic N) is 2. The highest BCUT2D eigenvalue weighted by atomic mass is 32.2. The first-order valence-electron chi connectivity index (χ1n) is 9.30. The Balaban J connectivity index is 1.66. The fourth-order valence-corrected chi connectivity index (χ4v) is 7.14. The van der Waals surface area contributed by atoms with Gasteiger partial charge in [0.15, 0.2) is 9.84 Å². The van der Waals surface area contributed by atoms with Crippen molar-refractivity contribution in [2.45, 2.75) is 31.7 Å². The van der Waals surface area contributed by atoms with Gasteiger partial charge in [-0.3, -0.25) is 4.90 Å². The molecule has 0 radical (unpaired) electrons. The highest BCUT2D eigenvalue weighted by molar-refractivity contribution is 7.92. The lowest BCUT2D eigenvalue weighted by Crippen LogP contribution is -2.37. The summed E-state index contributed by atoms with van der Waals surface area (Å²) >= 11 is 0. The molecule has 1 aromatic carbocycles. The van der Waals surface area contributed by atoms with E-state index in [2.05, 4.69) is 11.0 Å². The maximum Gasteiger partial charge on any atom is 0.336 e. The molecule has 0 saturated carbocycles. The average Bonchev–Trinajstić information content (AvgIpc) is 3.08. The van der Waals surface area contributed by atoms with Crippen molar-refractivity contribution in [3.63, 3.8) is 0 Å². The zero-order valence-corrected chi connectivity index (χ0v) is 17.0. The molecule has 0 spiro atoms. The van der Waals surface area contributed by atoms with Gasteiger partial charge in [-0.2, -0.15) is 0 Å². The third-order valence-electron chi connectivity index (χ3n) is 6.25. The van der Waals surface area contributed by atoms with Crippen molar-refractivity contribution in [2.24, 2.45) is 5.92 Å². The molecule has 0 amide bonds. The fraction of sp³-hybridized carbons (Fsp3) is 0.550. The standard InChI is InChI=1S/C20H26N2O4S/c1-12-5-15-14(7-20(23)26-18(15)6-13(12)2)8-22-9-16-17(21(3)4)11-27(24,25)19(16)10-22/h5-7,16-17,19H,8-11H2,1-4H3/t16-,17-,19-/m0/s1. The van der Waals surface area contributed by atoms with Crippen molar-refractivity contribution in [3.8, 4) is 0 Å². The van der Waals surface area contributed by atoms with Gasteiger partial charge in [0, 0.05) is 43.0 Å². The Labute approximate surface area is 159 Å². The second kappa shape index (κ2) is 6.43. The van der Waals surface area contributed by atoms with Gasteiger partial charge in [0.2, 0.25) is 0 Å². The molecule has 3 atom stereocenters. The van der Waals surface area contributed by atoms with Crippen LogP contribution >= 0.6 is 0 Å². The molecule has 2 aliphatic heterocycles. The minimum absolute atomic E-state index is 0.0625. The van der Waals surface area contributed by atoms with Crippen LogP contribution in [0.1, 0.15) is 16.7 Å². The highest BCUT2D eigenvalue weighted by Gasteiger charge is 2.52. The van der Waals surface area contributed by atoms with Crippen molar-refractivity contribution >= 4 is 20.8 Å². The van der Waals surface area contributed by atoms with Gasteiger partial charge in [-0.1, -0.05) is 0 Å². The molecule has 1 aromatic heterocycles. The van der Waals surface area contributed by atoms with Crippen LogP contribution in [-0.2, 0) is 16.4 Å². The third kappa shape index (κ3) is 3.22. The maximum absolute atomic E-state index is 12.6. The summed E-state index contributed by atoms with van der Waals surface area (Å²) < 4.78 is 30.6. The van der Waals surface area contributed by atoms with E-state index in [1.807, 2.05) is 38.9 Å². The minimum Gasteiger partial charge on any atom is -0.423 e. The summed E-state index contributed by atoms with van der Waals surface area (Å²) in [7, 11) is 0.831. The lowest BCUT2D eigenvalue weighted by Gasteiger charge is -2.25. The largest absolute Gasteiger partial charge is 0.423 e. The minimum atomic E-state index is -3.07. The van der Waals surface area contributed by atoms with E-state index in [9.17, 15) is 13.2 Å². The van der Waals surface area contributed by atoms with Crippen molar-refractivity contribution in [1.29, 1.82) is 0 Å². The topological polar surface area (TPSA) is 70.8 Å². The summed E-state index contributed by atoms with van der Waals surface area (Å²) in [5.41, 5.74) is 3.37. The van der Waals surface area contributed by atoms with Crippen molar-refractivity contribution in [3.05, 3.63) is 45.3 Å². The molecule has 146 valence electrons. The number of benzene rings is 1. The summed E-state index contributed by atoms with van der Waals surface area (Å²) in [6.45, 7) is 5.87. The molecular formula is C20H26N2O4S. The van der Waals surface area contributed by atoms with E-state index >= 15 is 0 Å². The van der Waals surface area contributed by atoms with Gasteiger partial charge in [0.1, 0.15) is 5.58 Å². The zero-order valence-electron chi connectivity index (χ0n) is 16.2. The quantitative estimate of drug-likeness (QED) is 0.741. The van der Waals surface area contributed by atoms with Crippen LogP contribution in [0.2, 0.25) is 0 Å². The Kier molecular flexibility index (Phi) is 4.44. The van der Waals surface area contributed by atoms with Gasteiger partial charge in [-0.15, -0.1) is 0 Å². The van der Waals surface area contributed by atoms with Gasteiger partial charge in [0.05, 0.1) is 11.0 Å². The van der Waals surface area contributed by atoms with Crippen LogP contribution in [0.15, 0.2) is 27.4 Å². The highest BCUT2D eigenvalue weighted by Crippen LogP contribution is 2.37. The second-order valence-electron chi connectivity index (χ2n) is 8.28. The Morgan fingerprint density at radius 1 is 1.15 bits per heavy atom.